The highest BCUT2D eigenvalue weighted by Crippen LogP contribution is 2.40. The first kappa shape index (κ1) is 15.8. The van der Waals surface area contributed by atoms with E-state index in [-0.39, 0.29) is 5.91 Å². The number of hydrogen-bond acceptors (Lipinski definition) is 4. The van der Waals surface area contributed by atoms with Crippen LogP contribution < -0.4 is 5.32 Å². The molecule has 5 rings (SSSR count). The van der Waals surface area contributed by atoms with Crippen LogP contribution in [-0.4, -0.2) is 20.4 Å². The number of anilines is 1. The molecule has 1 aliphatic rings. The molecule has 1 aromatic carbocycles. The van der Waals surface area contributed by atoms with Crippen molar-refractivity contribution in [2.24, 2.45) is 0 Å². The lowest BCUT2D eigenvalue weighted by Crippen LogP contribution is -2.12. The highest BCUT2D eigenvalue weighted by molar-refractivity contribution is 6.05. The Bertz CT molecular complexity index is 1150. The van der Waals surface area contributed by atoms with Gasteiger partial charge < -0.3 is 14.2 Å². The summed E-state index contributed by atoms with van der Waals surface area (Å²) in [5.74, 6) is 0.940. The molecule has 0 spiro atoms. The molecule has 0 bridgehead atoms. The predicted molar refractivity (Wildman–Crippen MR) is 102 cm³/mol. The third-order valence-electron chi connectivity index (χ3n) is 4.87. The number of aryl methyl sites for hydroxylation is 1. The van der Waals surface area contributed by atoms with Gasteiger partial charge in [0.15, 0.2) is 5.69 Å². The van der Waals surface area contributed by atoms with Gasteiger partial charge in [-0.15, -0.1) is 0 Å². The van der Waals surface area contributed by atoms with Gasteiger partial charge in [0, 0.05) is 29.9 Å². The summed E-state index contributed by atoms with van der Waals surface area (Å²) in [5, 5.41) is 6.86. The zero-order valence-electron chi connectivity index (χ0n) is 14.8. The topological polar surface area (TPSA) is 72.4 Å². The lowest BCUT2D eigenvalue weighted by molar-refractivity contribution is 0.101. The van der Waals surface area contributed by atoms with Crippen LogP contribution in [0, 0.1) is 6.92 Å². The molecular weight excluding hydrogens is 340 g/mol. The first-order valence-electron chi connectivity index (χ1n) is 9.01. The second-order valence-corrected chi connectivity index (χ2v) is 6.94. The summed E-state index contributed by atoms with van der Waals surface area (Å²) < 4.78 is 7.28. The number of nitrogens with zero attached hydrogens (tertiary/aromatic N) is 3. The lowest BCUT2D eigenvalue weighted by atomic mass is 10.1. The molecule has 1 aliphatic carbocycles. The van der Waals surface area contributed by atoms with Crippen molar-refractivity contribution in [3.63, 3.8) is 0 Å². The van der Waals surface area contributed by atoms with E-state index in [0.717, 1.165) is 41.1 Å². The normalized spacial score (nSPS) is 13.8. The van der Waals surface area contributed by atoms with E-state index in [0.29, 0.717) is 17.3 Å². The molecule has 3 heterocycles. The van der Waals surface area contributed by atoms with Crippen LogP contribution in [0.5, 0.6) is 0 Å². The van der Waals surface area contributed by atoms with Gasteiger partial charge in [-0.1, -0.05) is 29.4 Å². The molecule has 1 amide bonds. The third-order valence-corrected chi connectivity index (χ3v) is 4.87. The fourth-order valence-electron chi connectivity index (χ4n) is 3.24. The van der Waals surface area contributed by atoms with Crippen LogP contribution in [0.25, 0.3) is 16.9 Å². The van der Waals surface area contributed by atoms with Crippen LogP contribution >= 0.6 is 0 Å². The van der Waals surface area contributed by atoms with E-state index in [4.69, 9.17) is 9.51 Å². The van der Waals surface area contributed by atoms with Gasteiger partial charge in [-0.3, -0.25) is 4.79 Å². The number of rotatable bonds is 4. The number of hydrogen-bond donors (Lipinski definition) is 1. The van der Waals surface area contributed by atoms with Crippen molar-refractivity contribution in [1.29, 1.82) is 0 Å². The van der Waals surface area contributed by atoms with Crippen LogP contribution in [0.15, 0.2) is 59.4 Å². The molecule has 27 heavy (non-hydrogen) atoms. The Balaban J connectivity index is 1.47. The first-order valence-corrected chi connectivity index (χ1v) is 9.01. The Morgan fingerprint density at radius 3 is 2.89 bits per heavy atom. The molecule has 0 radical (unpaired) electrons. The molecule has 0 aliphatic heterocycles. The largest absolute Gasteiger partial charge is 0.360 e. The van der Waals surface area contributed by atoms with Crippen molar-refractivity contribution in [2.75, 3.05) is 5.32 Å². The quantitative estimate of drug-likeness (QED) is 0.586. The van der Waals surface area contributed by atoms with Gasteiger partial charge >= 0.3 is 0 Å². The second kappa shape index (κ2) is 6.09. The van der Waals surface area contributed by atoms with Crippen molar-refractivity contribution in [2.45, 2.75) is 25.7 Å². The number of pyridine rings is 1. The number of nitrogens with one attached hydrogen (secondary N) is 1. The van der Waals surface area contributed by atoms with Gasteiger partial charge in [0.2, 0.25) is 0 Å². The molecule has 1 saturated carbocycles. The van der Waals surface area contributed by atoms with Crippen LogP contribution in [0.4, 0.5) is 5.69 Å². The van der Waals surface area contributed by atoms with E-state index in [1.165, 1.54) is 0 Å². The van der Waals surface area contributed by atoms with Crippen molar-refractivity contribution in [3.8, 4) is 11.3 Å². The van der Waals surface area contributed by atoms with Crippen LogP contribution in [0.3, 0.4) is 0 Å². The average Bonchev–Trinajstić information content (AvgIpc) is 3.23. The summed E-state index contributed by atoms with van der Waals surface area (Å²) in [4.78, 5) is 17.4. The van der Waals surface area contributed by atoms with E-state index in [1.54, 1.807) is 6.07 Å². The van der Waals surface area contributed by atoms with Crippen LogP contribution in [0.1, 0.15) is 40.6 Å². The molecule has 6 heteroatoms. The Labute approximate surface area is 155 Å². The molecule has 4 aromatic rings. The number of aromatic nitrogens is 3. The Hall–Kier alpha value is -3.41. The summed E-state index contributed by atoms with van der Waals surface area (Å²) in [6.07, 6.45) is 6.14. The minimum absolute atomic E-state index is 0.280. The Morgan fingerprint density at radius 1 is 1.22 bits per heavy atom. The second-order valence-electron chi connectivity index (χ2n) is 6.94. The Kier molecular flexibility index (Phi) is 3.57. The number of carbonyl (C=O) groups excluding carboxylic acids is 1. The minimum atomic E-state index is -0.280. The van der Waals surface area contributed by atoms with E-state index >= 15 is 0 Å². The number of para-hydroxylation sites is 1. The molecule has 0 atom stereocenters. The maximum absolute atomic E-state index is 12.6. The smallest absolute Gasteiger partial charge is 0.277 e. The summed E-state index contributed by atoms with van der Waals surface area (Å²) in [7, 11) is 0. The zero-order valence-corrected chi connectivity index (χ0v) is 14.8. The standard InChI is InChI=1S/C21H18N4O2/c1-13-5-4-10-25-12-18(22-20(13)25)15-6-2-3-7-16(15)23-21(26)17-11-19(27-24-17)14-8-9-14/h2-7,10-12,14H,8-9H2,1H3,(H,23,26). The zero-order chi connectivity index (χ0) is 18.4. The summed E-state index contributed by atoms with van der Waals surface area (Å²) in [6, 6.07) is 13.4. The van der Waals surface area contributed by atoms with Gasteiger partial charge in [-0.05, 0) is 37.5 Å². The summed E-state index contributed by atoms with van der Waals surface area (Å²) in [5.41, 5.74) is 4.66. The van der Waals surface area contributed by atoms with Crippen molar-refractivity contribution in [1.82, 2.24) is 14.5 Å². The number of carbonyl (C=O) groups is 1. The number of benzene rings is 1. The van der Waals surface area contributed by atoms with Crippen molar-refractivity contribution < 1.29 is 9.32 Å². The maximum Gasteiger partial charge on any atom is 0.277 e. The fourth-order valence-corrected chi connectivity index (χ4v) is 3.24. The summed E-state index contributed by atoms with van der Waals surface area (Å²) >= 11 is 0. The summed E-state index contributed by atoms with van der Waals surface area (Å²) in [6.45, 7) is 2.03. The molecule has 1 N–H and O–H groups in total. The fraction of sp³-hybridized carbons (Fsp3) is 0.190. The molecule has 0 unspecified atom stereocenters. The average molecular weight is 358 g/mol. The van der Waals surface area contributed by atoms with E-state index in [1.807, 2.05) is 60.1 Å². The molecule has 1 fully saturated rings. The van der Waals surface area contributed by atoms with Crippen molar-refractivity contribution >= 4 is 17.2 Å². The number of imidazole rings is 1. The monoisotopic (exact) mass is 358 g/mol. The van der Waals surface area contributed by atoms with Gasteiger partial charge in [0.25, 0.3) is 5.91 Å². The van der Waals surface area contributed by atoms with Gasteiger partial charge in [-0.2, -0.15) is 0 Å². The Morgan fingerprint density at radius 2 is 2.07 bits per heavy atom. The predicted octanol–water partition coefficient (Wildman–Crippen LogP) is 4.43. The third kappa shape index (κ3) is 2.89. The molecular formula is C21H18N4O2. The van der Waals surface area contributed by atoms with Gasteiger partial charge in [-0.25, -0.2) is 4.98 Å². The first-order chi connectivity index (χ1) is 13.2. The van der Waals surface area contributed by atoms with Gasteiger partial charge in [0.1, 0.15) is 11.4 Å². The molecule has 3 aromatic heterocycles. The maximum atomic E-state index is 12.6. The molecule has 0 saturated heterocycles. The lowest BCUT2D eigenvalue weighted by Gasteiger charge is -2.08. The van der Waals surface area contributed by atoms with Gasteiger partial charge in [0.05, 0.1) is 11.4 Å². The highest BCUT2D eigenvalue weighted by atomic mass is 16.5. The van der Waals surface area contributed by atoms with E-state index in [2.05, 4.69) is 10.5 Å². The highest BCUT2D eigenvalue weighted by Gasteiger charge is 2.29. The van der Waals surface area contributed by atoms with Crippen molar-refractivity contribution in [3.05, 3.63) is 71.9 Å². The SMILES string of the molecule is Cc1cccn2cc(-c3ccccc3NC(=O)c3cc(C4CC4)on3)nc12. The minimum Gasteiger partial charge on any atom is -0.360 e. The number of fused-ring (bicyclic) bond motifs is 1. The number of amides is 1. The van der Waals surface area contributed by atoms with E-state index in [9.17, 15) is 4.79 Å². The van der Waals surface area contributed by atoms with E-state index < -0.39 is 0 Å². The van der Waals surface area contributed by atoms with Crippen LogP contribution in [0.2, 0.25) is 0 Å². The van der Waals surface area contributed by atoms with Crippen LogP contribution in [-0.2, 0) is 0 Å². The molecule has 134 valence electrons. The molecule has 6 nitrogen and oxygen atoms in total.